The first-order valence-corrected chi connectivity index (χ1v) is 10.4. The molecule has 0 heterocycles. The molecule has 3 aliphatic rings. The van der Waals surface area contributed by atoms with Crippen molar-refractivity contribution in [3.8, 4) is 0 Å². The highest BCUT2D eigenvalue weighted by molar-refractivity contribution is 5.81. The summed E-state index contributed by atoms with van der Waals surface area (Å²) in [6, 6.07) is 25.4. The minimum atomic E-state index is -0.537. The summed E-state index contributed by atoms with van der Waals surface area (Å²) >= 11 is 0. The van der Waals surface area contributed by atoms with E-state index >= 15 is 0 Å². The zero-order valence-corrected chi connectivity index (χ0v) is 17.2. The zero-order chi connectivity index (χ0) is 21.4. The number of benzene rings is 3. The Bertz CT molecular complexity index is 1080. The van der Waals surface area contributed by atoms with E-state index in [9.17, 15) is 9.59 Å². The van der Waals surface area contributed by atoms with E-state index in [2.05, 4.69) is 29.6 Å². The average molecular weight is 413 g/mol. The largest absolute Gasteiger partial charge is 0.469 e. The Labute approximate surface area is 181 Å². The lowest BCUT2D eigenvalue weighted by molar-refractivity contribution is -0.147. The molecule has 2 atom stereocenters. The fraction of sp³-hybridized carbons (Fsp3) is 0.231. The van der Waals surface area contributed by atoms with E-state index in [1.807, 2.05) is 54.6 Å². The molecule has 0 aliphatic heterocycles. The second-order valence-corrected chi connectivity index (χ2v) is 7.99. The van der Waals surface area contributed by atoms with Crippen molar-refractivity contribution in [2.24, 2.45) is 5.92 Å². The van der Waals surface area contributed by atoms with Crippen molar-refractivity contribution >= 4 is 12.1 Å². The van der Waals surface area contributed by atoms with Crippen LogP contribution in [0.2, 0.25) is 0 Å². The van der Waals surface area contributed by atoms with Gasteiger partial charge in [0.15, 0.2) is 0 Å². The molecule has 2 bridgehead atoms. The maximum atomic E-state index is 12.9. The summed E-state index contributed by atoms with van der Waals surface area (Å²) < 4.78 is 10.7. The Morgan fingerprint density at radius 1 is 0.774 bits per heavy atom. The van der Waals surface area contributed by atoms with Gasteiger partial charge in [-0.05, 0) is 27.8 Å². The molecule has 0 saturated heterocycles. The van der Waals surface area contributed by atoms with Crippen molar-refractivity contribution in [2.45, 2.75) is 24.5 Å². The van der Waals surface area contributed by atoms with E-state index < -0.39 is 18.1 Å². The highest BCUT2D eigenvalue weighted by atomic mass is 16.5. The highest BCUT2D eigenvalue weighted by Crippen LogP contribution is 2.55. The van der Waals surface area contributed by atoms with Crippen LogP contribution in [-0.4, -0.2) is 25.2 Å². The summed E-state index contributed by atoms with van der Waals surface area (Å²) in [7, 11) is 1.40. The predicted octanol–water partition coefficient (Wildman–Crippen LogP) is 4.36. The van der Waals surface area contributed by atoms with E-state index in [1.54, 1.807) is 0 Å². The van der Waals surface area contributed by atoms with Crippen LogP contribution in [0.4, 0.5) is 4.79 Å². The predicted molar refractivity (Wildman–Crippen MR) is 116 cm³/mol. The lowest BCUT2D eigenvalue weighted by atomic mass is 9.56. The first-order chi connectivity index (χ1) is 15.2. The van der Waals surface area contributed by atoms with Crippen LogP contribution in [0.5, 0.6) is 0 Å². The Hall–Kier alpha value is -3.60. The van der Waals surface area contributed by atoms with Crippen LogP contribution in [0.1, 0.15) is 39.7 Å². The van der Waals surface area contributed by atoms with Crippen molar-refractivity contribution < 1.29 is 19.1 Å². The van der Waals surface area contributed by atoms with Crippen molar-refractivity contribution in [1.82, 2.24) is 5.32 Å². The van der Waals surface area contributed by atoms with Gasteiger partial charge in [0.05, 0.1) is 19.1 Å². The standard InChI is InChI=1S/C26H23NO4/c1-30-25(28)23-21-17-11-5-7-13-19(17)22(20-14-8-6-12-18(20)21)24(23)27-26(29)31-15-16-9-3-2-4-10-16/h2-14,21-24H,15H2,1H3,(H,27,29)/t21?,22?,23-,24+/m1/s1. The number of ether oxygens (including phenoxy) is 2. The summed E-state index contributed by atoms with van der Waals surface area (Å²) in [5, 5.41) is 3.01. The Balaban J connectivity index is 1.50. The van der Waals surface area contributed by atoms with Gasteiger partial charge in [0.1, 0.15) is 6.61 Å². The van der Waals surface area contributed by atoms with E-state index in [4.69, 9.17) is 9.47 Å². The molecule has 5 heteroatoms. The lowest BCUT2D eigenvalue weighted by Gasteiger charge is -2.49. The van der Waals surface area contributed by atoms with Gasteiger partial charge in [0.2, 0.25) is 0 Å². The van der Waals surface area contributed by atoms with E-state index in [-0.39, 0.29) is 24.4 Å². The molecule has 0 unspecified atom stereocenters. The molecular weight excluding hydrogens is 390 g/mol. The maximum absolute atomic E-state index is 12.9. The number of rotatable bonds is 4. The summed E-state index contributed by atoms with van der Waals surface area (Å²) in [5.41, 5.74) is 5.43. The number of fused-ring (bicyclic) bond motifs is 1. The number of carbonyl (C=O) groups is 2. The van der Waals surface area contributed by atoms with Crippen LogP contribution in [0.15, 0.2) is 78.9 Å². The van der Waals surface area contributed by atoms with Gasteiger partial charge in [-0.3, -0.25) is 4.79 Å². The van der Waals surface area contributed by atoms with Crippen LogP contribution >= 0.6 is 0 Å². The van der Waals surface area contributed by atoms with Gasteiger partial charge in [-0.2, -0.15) is 0 Å². The smallest absolute Gasteiger partial charge is 0.407 e. The van der Waals surface area contributed by atoms with Crippen molar-refractivity contribution in [3.63, 3.8) is 0 Å². The Morgan fingerprint density at radius 2 is 1.29 bits per heavy atom. The molecule has 156 valence electrons. The number of esters is 1. The van der Waals surface area contributed by atoms with Gasteiger partial charge in [-0.15, -0.1) is 0 Å². The third-order valence-electron chi connectivity index (χ3n) is 6.41. The molecular formula is C26H23NO4. The van der Waals surface area contributed by atoms with Gasteiger partial charge in [-0.25, -0.2) is 4.79 Å². The van der Waals surface area contributed by atoms with Crippen LogP contribution in [0.25, 0.3) is 0 Å². The van der Waals surface area contributed by atoms with E-state index in [0.29, 0.717) is 0 Å². The number of hydrogen-bond acceptors (Lipinski definition) is 4. The molecule has 3 aromatic rings. The molecule has 5 nitrogen and oxygen atoms in total. The summed E-state index contributed by atoms with van der Waals surface area (Å²) in [5.74, 6) is -1.17. The third-order valence-corrected chi connectivity index (χ3v) is 6.41. The number of carbonyl (C=O) groups excluding carboxylic acids is 2. The average Bonchev–Trinajstić information content (AvgIpc) is 2.83. The van der Waals surface area contributed by atoms with Crippen LogP contribution < -0.4 is 5.32 Å². The minimum absolute atomic E-state index is 0.147. The maximum Gasteiger partial charge on any atom is 0.407 e. The summed E-state index contributed by atoms with van der Waals surface area (Å²) in [6.07, 6.45) is -0.537. The fourth-order valence-electron chi connectivity index (χ4n) is 5.17. The molecule has 0 fully saturated rings. The number of amides is 1. The molecule has 31 heavy (non-hydrogen) atoms. The van der Waals surface area contributed by atoms with E-state index in [0.717, 1.165) is 27.8 Å². The van der Waals surface area contributed by atoms with Crippen LogP contribution in [0, 0.1) is 5.92 Å². The monoisotopic (exact) mass is 413 g/mol. The molecule has 3 aromatic carbocycles. The molecule has 0 radical (unpaired) electrons. The van der Waals surface area contributed by atoms with Gasteiger partial charge in [0, 0.05) is 11.8 Å². The highest BCUT2D eigenvalue weighted by Gasteiger charge is 2.53. The molecule has 1 N–H and O–H groups in total. The summed E-state index contributed by atoms with van der Waals surface area (Å²) in [4.78, 5) is 25.7. The van der Waals surface area contributed by atoms with Crippen molar-refractivity contribution in [2.75, 3.05) is 7.11 Å². The molecule has 0 saturated carbocycles. The quantitative estimate of drug-likeness (QED) is 0.646. The lowest BCUT2D eigenvalue weighted by Crippen LogP contribution is -2.55. The van der Waals surface area contributed by atoms with Gasteiger partial charge in [0.25, 0.3) is 0 Å². The SMILES string of the molecule is COC(=O)[C@@H]1C2c3ccccc3C(c3ccccc32)[C@@H]1NC(=O)OCc1ccccc1. The third kappa shape index (κ3) is 3.26. The number of hydrogen-bond donors (Lipinski definition) is 1. The van der Waals surface area contributed by atoms with Gasteiger partial charge < -0.3 is 14.8 Å². The zero-order valence-electron chi connectivity index (χ0n) is 17.2. The van der Waals surface area contributed by atoms with Crippen LogP contribution in [0.3, 0.4) is 0 Å². The fourth-order valence-corrected chi connectivity index (χ4v) is 5.17. The first kappa shape index (κ1) is 19.4. The molecule has 1 amide bonds. The molecule has 0 aromatic heterocycles. The summed E-state index contributed by atoms with van der Waals surface area (Å²) in [6.45, 7) is 0.170. The van der Waals surface area contributed by atoms with Gasteiger partial charge >= 0.3 is 12.1 Å². The molecule has 6 rings (SSSR count). The van der Waals surface area contributed by atoms with Gasteiger partial charge in [-0.1, -0.05) is 78.9 Å². The second kappa shape index (κ2) is 7.91. The van der Waals surface area contributed by atoms with E-state index in [1.165, 1.54) is 7.11 Å². The molecule has 3 aliphatic carbocycles. The van der Waals surface area contributed by atoms with Crippen molar-refractivity contribution in [3.05, 3.63) is 107 Å². The number of methoxy groups -OCH3 is 1. The topological polar surface area (TPSA) is 64.6 Å². The number of nitrogens with one attached hydrogen (secondary N) is 1. The van der Waals surface area contributed by atoms with Crippen molar-refractivity contribution in [1.29, 1.82) is 0 Å². The minimum Gasteiger partial charge on any atom is -0.469 e. The normalized spacial score (nSPS) is 22.7. The van der Waals surface area contributed by atoms with Crippen LogP contribution in [-0.2, 0) is 20.9 Å². The Morgan fingerprint density at radius 3 is 1.84 bits per heavy atom. The first-order valence-electron chi connectivity index (χ1n) is 10.4. The second-order valence-electron chi connectivity index (χ2n) is 7.99. The molecule has 0 spiro atoms. The Kier molecular flexibility index (Phi) is 4.94. The number of alkyl carbamates (subject to hydrolysis) is 1.